The summed E-state index contributed by atoms with van der Waals surface area (Å²) in [4.78, 5) is 26.7. The molecule has 1 aliphatic rings. The van der Waals surface area contributed by atoms with Crippen molar-refractivity contribution in [1.82, 2.24) is 9.80 Å². The Morgan fingerprint density at radius 2 is 1.60 bits per heavy atom. The van der Waals surface area contributed by atoms with Crippen LogP contribution in [0.25, 0.3) is 0 Å². The highest BCUT2D eigenvalue weighted by Crippen LogP contribution is 2.16. The lowest BCUT2D eigenvalue weighted by Gasteiger charge is -2.39. The number of rotatable bonds is 3. The standard InChI is InChI=1S/C14H26N2O4/c1-10(12(17)18)11(2)15-6-8-16(9-7-15)13(19)20-14(3,4)5/h10-11H,6-9H2,1-5H3,(H,17,18). The van der Waals surface area contributed by atoms with Crippen LogP contribution < -0.4 is 0 Å². The van der Waals surface area contributed by atoms with Crippen molar-refractivity contribution in [3.05, 3.63) is 0 Å². The largest absolute Gasteiger partial charge is 0.481 e. The van der Waals surface area contributed by atoms with Crippen LogP contribution in [-0.2, 0) is 9.53 Å². The fourth-order valence-corrected chi connectivity index (χ4v) is 2.16. The highest BCUT2D eigenvalue weighted by Gasteiger charge is 2.30. The van der Waals surface area contributed by atoms with Crippen LogP contribution in [0.15, 0.2) is 0 Å². The molecule has 1 aliphatic heterocycles. The van der Waals surface area contributed by atoms with Gasteiger partial charge in [-0.2, -0.15) is 0 Å². The average Bonchev–Trinajstić information content (AvgIpc) is 2.35. The van der Waals surface area contributed by atoms with Crippen molar-refractivity contribution >= 4 is 12.1 Å². The topological polar surface area (TPSA) is 70.1 Å². The van der Waals surface area contributed by atoms with E-state index in [-0.39, 0.29) is 12.1 Å². The summed E-state index contributed by atoms with van der Waals surface area (Å²) in [6.07, 6.45) is -0.295. The summed E-state index contributed by atoms with van der Waals surface area (Å²) in [7, 11) is 0. The molecular weight excluding hydrogens is 260 g/mol. The second-order valence-corrected chi connectivity index (χ2v) is 6.37. The van der Waals surface area contributed by atoms with Crippen molar-refractivity contribution in [2.45, 2.75) is 46.3 Å². The van der Waals surface area contributed by atoms with Crippen LogP contribution in [-0.4, -0.2) is 64.8 Å². The Bertz CT molecular complexity index is 357. The molecule has 1 rings (SSSR count). The summed E-state index contributed by atoms with van der Waals surface area (Å²) < 4.78 is 5.33. The van der Waals surface area contributed by atoms with E-state index in [1.54, 1.807) is 11.8 Å². The predicted octanol–water partition coefficient (Wildman–Crippen LogP) is 1.65. The molecule has 0 bridgehead atoms. The van der Waals surface area contributed by atoms with E-state index >= 15 is 0 Å². The van der Waals surface area contributed by atoms with Crippen molar-refractivity contribution in [3.8, 4) is 0 Å². The number of carboxylic acids is 1. The molecule has 6 heteroatoms. The molecule has 2 atom stereocenters. The second kappa shape index (κ2) is 6.43. The molecule has 20 heavy (non-hydrogen) atoms. The second-order valence-electron chi connectivity index (χ2n) is 6.37. The van der Waals surface area contributed by atoms with Crippen molar-refractivity contribution in [1.29, 1.82) is 0 Å². The molecule has 0 aromatic rings. The Morgan fingerprint density at radius 1 is 1.10 bits per heavy atom. The minimum absolute atomic E-state index is 0.0340. The van der Waals surface area contributed by atoms with Crippen molar-refractivity contribution in [2.75, 3.05) is 26.2 Å². The molecule has 116 valence electrons. The quantitative estimate of drug-likeness (QED) is 0.854. The molecule has 2 unspecified atom stereocenters. The van der Waals surface area contributed by atoms with Crippen molar-refractivity contribution in [3.63, 3.8) is 0 Å². The number of nitrogens with zero attached hydrogens (tertiary/aromatic N) is 2. The van der Waals surface area contributed by atoms with Gasteiger partial charge in [0.15, 0.2) is 0 Å². The number of piperazine rings is 1. The van der Waals surface area contributed by atoms with E-state index in [0.29, 0.717) is 26.2 Å². The number of carbonyl (C=O) groups excluding carboxylic acids is 1. The van der Waals surface area contributed by atoms with Crippen LogP contribution in [0.4, 0.5) is 4.79 Å². The van der Waals surface area contributed by atoms with E-state index < -0.39 is 17.5 Å². The van der Waals surface area contributed by atoms with Gasteiger partial charge in [0.1, 0.15) is 5.60 Å². The van der Waals surface area contributed by atoms with E-state index in [9.17, 15) is 9.59 Å². The smallest absolute Gasteiger partial charge is 0.410 e. The van der Waals surface area contributed by atoms with Gasteiger partial charge < -0.3 is 14.7 Å². The average molecular weight is 286 g/mol. The molecule has 0 spiro atoms. The van der Waals surface area contributed by atoms with Gasteiger partial charge in [0, 0.05) is 32.2 Å². The van der Waals surface area contributed by atoms with E-state index in [1.807, 2.05) is 27.7 Å². The Labute approximate surface area is 120 Å². The fourth-order valence-electron chi connectivity index (χ4n) is 2.16. The van der Waals surface area contributed by atoms with Crippen LogP contribution in [0.3, 0.4) is 0 Å². The summed E-state index contributed by atoms with van der Waals surface area (Å²) in [5, 5.41) is 9.04. The van der Waals surface area contributed by atoms with Crippen molar-refractivity contribution < 1.29 is 19.4 Å². The first-order valence-corrected chi connectivity index (χ1v) is 7.06. The maximum Gasteiger partial charge on any atom is 0.410 e. The Morgan fingerprint density at radius 3 is 2.00 bits per heavy atom. The SMILES string of the molecule is CC(C(=O)O)C(C)N1CCN(C(=O)OC(C)(C)C)CC1. The molecule has 0 saturated carbocycles. The molecule has 6 nitrogen and oxygen atoms in total. The van der Waals surface area contributed by atoms with Gasteiger partial charge in [-0.1, -0.05) is 6.92 Å². The van der Waals surface area contributed by atoms with Gasteiger partial charge in [0.2, 0.25) is 0 Å². The summed E-state index contributed by atoms with van der Waals surface area (Å²) in [6, 6.07) is -0.0340. The zero-order valence-corrected chi connectivity index (χ0v) is 13.0. The van der Waals surface area contributed by atoms with E-state index in [4.69, 9.17) is 9.84 Å². The van der Waals surface area contributed by atoms with Crippen LogP contribution in [0, 0.1) is 5.92 Å². The van der Waals surface area contributed by atoms with Gasteiger partial charge in [-0.25, -0.2) is 4.79 Å². The lowest BCUT2D eigenvalue weighted by atomic mass is 10.0. The first-order chi connectivity index (χ1) is 9.11. The third-order valence-electron chi connectivity index (χ3n) is 3.66. The van der Waals surface area contributed by atoms with Gasteiger partial charge in [-0.3, -0.25) is 9.69 Å². The number of aliphatic carboxylic acids is 1. The normalized spacial score (nSPS) is 20.4. The van der Waals surface area contributed by atoms with E-state index in [0.717, 1.165) is 0 Å². The zero-order valence-electron chi connectivity index (χ0n) is 13.0. The number of carboxylic acid groups (broad SMARTS) is 1. The summed E-state index contributed by atoms with van der Waals surface area (Å²) >= 11 is 0. The molecule has 1 heterocycles. The maximum absolute atomic E-state index is 11.9. The Balaban J connectivity index is 2.47. The monoisotopic (exact) mass is 286 g/mol. The molecule has 1 fully saturated rings. The summed E-state index contributed by atoms with van der Waals surface area (Å²) in [5.74, 6) is -1.20. The third kappa shape index (κ3) is 4.67. The van der Waals surface area contributed by atoms with Crippen molar-refractivity contribution in [2.24, 2.45) is 5.92 Å². The van der Waals surface area contributed by atoms with E-state index in [2.05, 4.69) is 4.90 Å². The molecule has 0 aromatic heterocycles. The van der Waals surface area contributed by atoms with Crippen LogP contribution in [0.5, 0.6) is 0 Å². The maximum atomic E-state index is 11.9. The van der Waals surface area contributed by atoms with E-state index in [1.165, 1.54) is 0 Å². The molecule has 1 saturated heterocycles. The van der Waals surface area contributed by atoms with Gasteiger partial charge in [-0.15, -0.1) is 0 Å². The highest BCUT2D eigenvalue weighted by atomic mass is 16.6. The number of amides is 1. The number of hydrogen-bond donors (Lipinski definition) is 1. The van der Waals surface area contributed by atoms with Gasteiger partial charge in [-0.05, 0) is 27.7 Å². The minimum atomic E-state index is -0.785. The predicted molar refractivity (Wildman–Crippen MR) is 75.6 cm³/mol. The first-order valence-electron chi connectivity index (χ1n) is 7.06. The lowest BCUT2D eigenvalue weighted by molar-refractivity contribution is -0.143. The molecule has 0 aliphatic carbocycles. The molecule has 0 aromatic carbocycles. The van der Waals surface area contributed by atoms with Crippen LogP contribution >= 0.6 is 0 Å². The minimum Gasteiger partial charge on any atom is -0.481 e. The van der Waals surface area contributed by atoms with Gasteiger partial charge in [0.05, 0.1) is 5.92 Å². The molecule has 1 amide bonds. The highest BCUT2D eigenvalue weighted by molar-refractivity contribution is 5.70. The third-order valence-corrected chi connectivity index (χ3v) is 3.66. The molecule has 0 radical (unpaired) electrons. The number of hydrogen-bond acceptors (Lipinski definition) is 4. The molecular formula is C14H26N2O4. The Hall–Kier alpha value is -1.30. The van der Waals surface area contributed by atoms with Crippen LogP contribution in [0.1, 0.15) is 34.6 Å². The number of carbonyl (C=O) groups is 2. The molecule has 1 N–H and O–H groups in total. The van der Waals surface area contributed by atoms with Gasteiger partial charge in [0.25, 0.3) is 0 Å². The Kier molecular flexibility index (Phi) is 5.39. The fraction of sp³-hybridized carbons (Fsp3) is 0.857. The van der Waals surface area contributed by atoms with Gasteiger partial charge >= 0.3 is 12.1 Å². The first kappa shape index (κ1) is 16.8. The lowest BCUT2D eigenvalue weighted by Crippen LogP contribution is -2.54. The zero-order chi connectivity index (χ0) is 15.5. The summed E-state index contributed by atoms with van der Waals surface area (Å²) in [5.41, 5.74) is -0.487. The number of ether oxygens (including phenoxy) is 1. The summed E-state index contributed by atoms with van der Waals surface area (Å²) in [6.45, 7) is 11.7. The van der Waals surface area contributed by atoms with Crippen LogP contribution in [0.2, 0.25) is 0 Å².